The lowest BCUT2D eigenvalue weighted by atomic mass is 9.91. The molecule has 2 aliphatic rings. The fourth-order valence-corrected chi connectivity index (χ4v) is 3.87. The first-order valence-electron chi connectivity index (χ1n) is 6.87. The number of esters is 1. The summed E-state index contributed by atoms with van der Waals surface area (Å²) >= 11 is 3.39. The van der Waals surface area contributed by atoms with Crippen molar-refractivity contribution in [2.24, 2.45) is 23.5 Å². The predicted molar refractivity (Wildman–Crippen MR) is 78.2 cm³/mol. The molecule has 0 heterocycles. The number of carbonyl (C=O) groups is 2. The van der Waals surface area contributed by atoms with Gasteiger partial charge in [0.05, 0.1) is 5.92 Å². The van der Waals surface area contributed by atoms with Gasteiger partial charge in [0.1, 0.15) is 12.1 Å². The normalized spacial score (nSPS) is 33.3. The third kappa shape index (κ3) is 2.36. The average molecular weight is 354 g/mol. The van der Waals surface area contributed by atoms with Gasteiger partial charge in [0.15, 0.2) is 0 Å². The Morgan fingerprint density at radius 1 is 1.43 bits per heavy atom. The number of carbonyl (C=O) groups excluding carboxylic acids is 1. The van der Waals surface area contributed by atoms with E-state index in [9.17, 15) is 9.59 Å². The monoisotopic (exact) mass is 353 g/mol. The molecular weight excluding hydrogens is 338 g/mol. The lowest BCUT2D eigenvalue weighted by Gasteiger charge is -2.24. The van der Waals surface area contributed by atoms with Crippen LogP contribution in [0.3, 0.4) is 0 Å². The summed E-state index contributed by atoms with van der Waals surface area (Å²) in [5.41, 5.74) is 5.88. The van der Waals surface area contributed by atoms with Crippen LogP contribution in [0.1, 0.15) is 18.4 Å². The predicted octanol–water partition coefficient (Wildman–Crippen LogP) is 1.93. The molecule has 1 aromatic carbocycles. The van der Waals surface area contributed by atoms with E-state index in [0.717, 1.165) is 10.0 Å². The van der Waals surface area contributed by atoms with Crippen molar-refractivity contribution in [3.05, 3.63) is 34.3 Å². The number of aliphatic carboxylic acids is 1. The van der Waals surface area contributed by atoms with Crippen molar-refractivity contribution in [1.29, 1.82) is 0 Å². The minimum Gasteiger partial charge on any atom is -0.481 e. The maximum atomic E-state index is 12.3. The summed E-state index contributed by atoms with van der Waals surface area (Å²) in [7, 11) is 0. The first-order valence-corrected chi connectivity index (χ1v) is 7.67. The maximum Gasteiger partial charge on any atom is 0.326 e. The summed E-state index contributed by atoms with van der Waals surface area (Å²) in [6.07, 6.45) is 1.18. The van der Waals surface area contributed by atoms with Gasteiger partial charge in [-0.25, -0.2) is 0 Å². The average Bonchev–Trinajstić information content (AvgIpc) is 3.10. The molecule has 0 aromatic heterocycles. The van der Waals surface area contributed by atoms with E-state index >= 15 is 0 Å². The van der Waals surface area contributed by atoms with E-state index in [1.807, 2.05) is 24.3 Å². The Morgan fingerprint density at radius 2 is 2.14 bits per heavy atom. The number of halogens is 1. The highest BCUT2D eigenvalue weighted by atomic mass is 79.9. The van der Waals surface area contributed by atoms with E-state index in [4.69, 9.17) is 15.6 Å². The third-order valence-electron chi connectivity index (χ3n) is 4.64. The molecule has 21 heavy (non-hydrogen) atoms. The molecule has 0 amide bonds. The number of rotatable bonds is 4. The summed E-state index contributed by atoms with van der Waals surface area (Å²) in [5.74, 6) is -2.09. The second-order valence-electron chi connectivity index (χ2n) is 5.80. The van der Waals surface area contributed by atoms with Gasteiger partial charge >= 0.3 is 11.9 Å². The molecule has 1 aromatic rings. The Balaban J connectivity index is 1.66. The molecule has 3 rings (SSSR count). The van der Waals surface area contributed by atoms with Crippen LogP contribution in [0.2, 0.25) is 0 Å². The van der Waals surface area contributed by atoms with Crippen LogP contribution in [0.4, 0.5) is 0 Å². The van der Waals surface area contributed by atoms with Gasteiger partial charge in [-0.15, -0.1) is 0 Å². The Kier molecular flexibility index (Phi) is 3.53. The number of ether oxygens (including phenoxy) is 1. The fourth-order valence-electron chi connectivity index (χ4n) is 3.48. The van der Waals surface area contributed by atoms with Crippen molar-refractivity contribution in [2.75, 3.05) is 0 Å². The number of benzene rings is 1. The highest BCUT2D eigenvalue weighted by molar-refractivity contribution is 9.10. The van der Waals surface area contributed by atoms with Crippen LogP contribution in [0, 0.1) is 17.8 Å². The van der Waals surface area contributed by atoms with Crippen molar-refractivity contribution in [3.8, 4) is 0 Å². The SMILES string of the molecule is NC1(C(=O)OCc2ccccc2Br)CCC2C(C(=O)O)C21. The molecule has 112 valence electrons. The zero-order chi connectivity index (χ0) is 15.2. The van der Waals surface area contributed by atoms with Gasteiger partial charge in [-0.2, -0.15) is 0 Å². The summed E-state index contributed by atoms with van der Waals surface area (Å²) in [6.45, 7) is 0.133. The molecule has 0 saturated heterocycles. The molecule has 2 aliphatic carbocycles. The quantitative estimate of drug-likeness (QED) is 0.807. The third-order valence-corrected chi connectivity index (χ3v) is 5.41. The highest BCUT2D eigenvalue weighted by Gasteiger charge is 2.70. The molecular formula is C15H16BrNO4. The molecule has 0 radical (unpaired) electrons. The van der Waals surface area contributed by atoms with Crippen LogP contribution in [0.25, 0.3) is 0 Å². The van der Waals surface area contributed by atoms with E-state index in [1.54, 1.807) is 0 Å². The van der Waals surface area contributed by atoms with Gasteiger partial charge < -0.3 is 15.6 Å². The lowest BCUT2D eigenvalue weighted by molar-refractivity contribution is -0.153. The van der Waals surface area contributed by atoms with E-state index in [1.165, 1.54) is 0 Å². The Morgan fingerprint density at radius 3 is 2.76 bits per heavy atom. The van der Waals surface area contributed by atoms with Crippen LogP contribution >= 0.6 is 15.9 Å². The smallest absolute Gasteiger partial charge is 0.326 e. The second-order valence-corrected chi connectivity index (χ2v) is 6.65. The first-order chi connectivity index (χ1) is 9.95. The fraction of sp³-hybridized carbons (Fsp3) is 0.467. The number of hydrogen-bond donors (Lipinski definition) is 2. The van der Waals surface area contributed by atoms with Crippen LogP contribution < -0.4 is 5.73 Å². The maximum absolute atomic E-state index is 12.3. The molecule has 5 nitrogen and oxygen atoms in total. The molecule has 2 fully saturated rings. The number of carboxylic acids is 1. The van der Waals surface area contributed by atoms with E-state index in [-0.39, 0.29) is 18.4 Å². The molecule has 0 bridgehead atoms. The Bertz CT molecular complexity index is 605. The van der Waals surface area contributed by atoms with Crippen LogP contribution in [-0.2, 0) is 20.9 Å². The molecule has 2 saturated carbocycles. The zero-order valence-electron chi connectivity index (χ0n) is 11.3. The van der Waals surface area contributed by atoms with Gasteiger partial charge in [-0.05, 0) is 24.8 Å². The van der Waals surface area contributed by atoms with Crippen molar-refractivity contribution < 1.29 is 19.4 Å². The first kappa shape index (κ1) is 14.5. The number of fused-ring (bicyclic) bond motifs is 1. The number of nitrogens with two attached hydrogens (primary N) is 1. The molecule has 6 heteroatoms. The summed E-state index contributed by atoms with van der Waals surface area (Å²) in [5, 5.41) is 9.10. The largest absolute Gasteiger partial charge is 0.481 e. The van der Waals surface area contributed by atoms with Gasteiger partial charge in [-0.3, -0.25) is 9.59 Å². The molecule has 3 N–H and O–H groups in total. The minimum atomic E-state index is -1.14. The number of carboxylic acid groups (broad SMARTS) is 1. The van der Waals surface area contributed by atoms with Crippen LogP contribution in [0.5, 0.6) is 0 Å². The van der Waals surface area contributed by atoms with Crippen LogP contribution in [-0.4, -0.2) is 22.6 Å². The summed E-state index contributed by atoms with van der Waals surface area (Å²) in [4.78, 5) is 23.4. The standard InChI is InChI=1S/C15H16BrNO4/c16-10-4-2-1-3-8(10)7-21-14(20)15(17)6-5-9-11(12(9)15)13(18)19/h1-4,9,11-12H,5-7,17H2,(H,18,19). The molecule has 0 aliphatic heterocycles. The van der Waals surface area contributed by atoms with Crippen molar-refractivity contribution in [3.63, 3.8) is 0 Å². The van der Waals surface area contributed by atoms with Gasteiger partial charge in [0, 0.05) is 16.0 Å². The Labute approximate surface area is 130 Å². The van der Waals surface area contributed by atoms with Crippen molar-refractivity contribution >= 4 is 27.9 Å². The molecule has 0 spiro atoms. The Hall–Kier alpha value is -1.40. The van der Waals surface area contributed by atoms with Crippen LogP contribution in [0.15, 0.2) is 28.7 Å². The van der Waals surface area contributed by atoms with Gasteiger partial charge in [-0.1, -0.05) is 34.1 Å². The van der Waals surface area contributed by atoms with Gasteiger partial charge in [0.25, 0.3) is 0 Å². The topological polar surface area (TPSA) is 89.6 Å². The van der Waals surface area contributed by atoms with Crippen molar-refractivity contribution in [2.45, 2.75) is 25.0 Å². The van der Waals surface area contributed by atoms with Gasteiger partial charge in [0.2, 0.25) is 0 Å². The summed E-state index contributed by atoms with van der Waals surface area (Å²) < 4.78 is 6.20. The highest BCUT2D eigenvalue weighted by Crippen LogP contribution is 2.61. The second kappa shape index (κ2) is 5.10. The number of hydrogen-bond acceptors (Lipinski definition) is 4. The minimum absolute atomic E-state index is 0.0310. The lowest BCUT2D eigenvalue weighted by Crippen LogP contribution is -2.50. The zero-order valence-corrected chi connectivity index (χ0v) is 12.9. The molecule has 4 unspecified atom stereocenters. The van der Waals surface area contributed by atoms with E-state index in [0.29, 0.717) is 12.8 Å². The van der Waals surface area contributed by atoms with Crippen molar-refractivity contribution in [1.82, 2.24) is 0 Å². The van der Waals surface area contributed by atoms with E-state index < -0.39 is 23.4 Å². The molecule has 4 atom stereocenters. The van der Waals surface area contributed by atoms with E-state index in [2.05, 4.69) is 15.9 Å². The summed E-state index contributed by atoms with van der Waals surface area (Å²) in [6, 6.07) is 7.46.